The van der Waals surface area contributed by atoms with Gasteiger partial charge in [0.15, 0.2) is 5.78 Å². The number of nitrogens with zero attached hydrogens (tertiary/aromatic N) is 6. The number of fused-ring (bicyclic) bond motifs is 1. The predicted molar refractivity (Wildman–Crippen MR) is 144 cm³/mol. The zero-order valence-corrected chi connectivity index (χ0v) is 21.0. The summed E-state index contributed by atoms with van der Waals surface area (Å²) < 4.78 is 0. The van der Waals surface area contributed by atoms with Crippen LogP contribution in [-0.4, -0.2) is 69.9 Å². The molecular formula is C28H31N7O. The molecule has 8 heteroatoms. The Bertz CT molecular complexity index is 1380. The minimum absolute atomic E-state index is 0.0139. The number of nitrogens with one attached hydrogen (secondary N) is 1. The van der Waals surface area contributed by atoms with E-state index in [0.717, 1.165) is 59.7 Å². The summed E-state index contributed by atoms with van der Waals surface area (Å²) in [5.74, 6) is 1.34. The van der Waals surface area contributed by atoms with E-state index in [-0.39, 0.29) is 12.2 Å². The van der Waals surface area contributed by atoms with Crippen LogP contribution in [0.15, 0.2) is 61.2 Å². The van der Waals surface area contributed by atoms with Gasteiger partial charge in [0.2, 0.25) is 0 Å². The lowest BCUT2D eigenvalue weighted by Gasteiger charge is -2.33. The molecule has 36 heavy (non-hydrogen) atoms. The van der Waals surface area contributed by atoms with Gasteiger partial charge >= 0.3 is 0 Å². The molecule has 1 N–H and O–H groups in total. The van der Waals surface area contributed by atoms with Gasteiger partial charge in [0.25, 0.3) is 0 Å². The Kier molecular flexibility index (Phi) is 6.86. The molecular weight excluding hydrogens is 450 g/mol. The lowest BCUT2D eigenvalue weighted by Crippen LogP contribution is -2.44. The fourth-order valence-corrected chi connectivity index (χ4v) is 4.38. The van der Waals surface area contributed by atoms with Gasteiger partial charge in [0.05, 0.1) is 17.6 Å². The number of benzene rings is 1. The maximum atomic E-state index is 13.1. The molecule has 4 heterocycles. The minimum atomic E-state index is -0.0139. The van der Waals surface area contributed by atoms with Gasteiger partial charge in [-0.05, 0) is 50.7 Å². The Morgan fingerprint density at radius 1 is 0.972 bits per heavy atom. The van der Waals surface area contributed by atoms with E-state index in [0.29, 0.717) is 17.4 Å². The highest BCUT2D eigenvalue weighted by molar-refractivity contribution is 5.98. The molecule has 0 bridgehead atoms. The Hall–Kier alpha value is -3.91. The van der Waals surface area contributed by atoms with Crippen LogP contribution in [-0.2, 0) is 6.42 Å². The number of aromatic nitrogens is 4. The maximum absolute atomic E-state index is 13.1. The van der Waals surface area contributed by atoms with Crippen molar-refractivity contribution in [2.24, 2.45) is 0 Å². The van der Waals surface area contributed by atoms with E-state index in [1.54, 1.807) is 18.5 Å². The van der Waals surface area contributed by atoms with Gasteiger partial charge in [-0.15, -0.1) is 0 Å². The molecule has 184 valence electrons. The average molecular weight is 482 g/mol. The molecule has 0 atom stereocenters. The number of carbonyl (C=O) groups excluding carboxylic acids is 1. The Morgan fingerprint density at radius 3 is 2.61 bits per heavy atom. The minimum Gasteiger partial charge on any atom is -0.382 e. The monoisotopic (exact) mass is 481 g/mol. The fourth-order valence-electron chi connectivity index (χ4n) is 4.38. The summed E-state index contributed by atoms with van der Waals surface area (Å²) in [6.45, 7) is 7.98. The fraction of sp³-hybridized carbons (Fsp3) is 0.321. The van der Waals surface area contributed by atoms with Gasteiger partial charge in [-0.1, -0.05) is 12.1 Å². The van der Waals surface area contributed by atoms with E-state index < -0.39 is 0 Å². The van der Waals surface area contributed by atoms with Crippen molar-refractivity contribution in [3.63, 3.8) is 0 Å². The molecule has 0 amide bonds. The molecule has 1 saturated heterocycles. The molecule has 1 aliphatic rings. The van der Waals surface area contributed by atoms with Crippen molar-refractivity contribution in [1.29, 1.82) is 0 Å². The highest BCUT2D eigenvalue weighted by atomic mass is 16.1. The Morgan fingerprint density at radius 2 is 1.81 bits per heavy atom. The quantitative estimate of drug-likeness (QED) is 0.395. The summed E-state index contributed by atoms with van der Waals surface area (Å²) >= 11 is 0. The standard InChI is InChI=1S/C28H31N7O/c1-19(2)32-24-12-23(16-29-18-24)20-4-5-22-17-31-27(33-25(22)13-20)15-26(36)21-6-7-30-28(14-21)35-10-8-34(3)9-11-35/h4-7,12-14,16-19,32H,8-11,15H2,1-3H3. The van der Waals surface area contributed by atoms with Crippen LogP contribution in [0.5, 0.6) is 0 Å². The van der Waals surface area contributed by atoms with Crippen LogP contribution in [0.1, 0.15) is 30.0 Å². The number of likely N-dealkylation sites (N-methyl/N-ethyl adjacent to an activating group) is 1. The molecule has 0 aliphatic carbocycles. The van der Waals surface area contributed by atoms with E-state index in [2.05, 4.69) is 57.0 Å². The number of rotatable bonds is 7. The zero-order valence-electron chi connectivity index (χ0n) is 21.0. The second-order valence-electron chi connectivity index (χ2n) is 9.61. The highest BCUT2D eigenvalue weighted by Gasteiger charge is 2.17. The molecule has 0 spiro atoms. The SMILES string of the molecule is CC(C)Nc1cncc(-c2ccc3cnc(CC(=O)c4ccnc(N5CCN(C)CC5)c4)nc3c2)c1. The molecule has 5 rings (SSSR count). The predicted octanol–water partition coefficient (Wildman–Crippen LogP) is 4.08. The Balaban J connectivity index is 1.35. The summed E-state index contributed by atoms with van der Waals surface area (Å²) in [4.78, 5) is 35.7. The van der Waals surface area contributed by atoms with E-state index in [4.69, 9.17) is 4.98 Å². The molecule has 1 aromatic carbocycles. The third-order valence-corrected chi connectivity index (χ3v) is 6.37. The summed E-state index contributed by atoms with van der Waals surface area (Å²) in [5, 5.41) is 4.32. The van der Waals surface area contributed by atoms with Crippen LogP contribution in [0, 0.1) is 0 Å². The number of piperazine rings is 1. The second-order valence-corrected chi connectivity index (χ2v) is 9.61. The van der Waals surface area contributed by atoms with Gasteiger partial charge in [0, 0.05) is 73.5 Å². The highest BCUT2D eigenvalue weighted by Crippen LogP contribution is 2.25. The Labute approximate surface area is 211 Å². The lowest BCUT2D eigenvalue weighted by atomic mass is 10.0. The van der Waals surface area contributed by atoms with Crippen molar-refractivity contribution in [2.75, 3.05) is 43.4 Å². The number of carbonyl (C=O) groups is 1. The summed E-state index contributed by atoms with van der Waals surface area (Å²) in [7, 11) is 2.12. The van der Waals surface area contributed by atoms with Gasteiger partial charge in [0.1, 0.15) is 11.6 Å². The molecule has 1 aliphatic heterocycles. The molecule has 8 nitrogen and oxygen atoms in total. The van der Waals surface area contributed by atoms with E-state index in [1.807, 2.05) is 36.7 Å². The number of hydrogen-bond acceptors (Lipinski definition) is 8. The van der Waals surface area contributed by atoms with Crippen LogP contribution < -0.4 is 10.2 Å². The number of Topliss-reactive ketones (excluding diaryl/α,β-unsaturated/α-hetero) is 1. The van der Waals surface area contributed by atoms with Crippen molar-refractivity contribution in [2.45, 2.75) is 26.3 Å². The number of anilines is 2. The van der Waals surface area contributed by atoms with Crippen LogP contribution >= 0.6 is 0 Å². The van der Waals surface area contributed by atoms with Crippen molar-refractivity contribution in [1.82, 2.24) is 24.8 Å². The summed E-state index contributed by atoms with van der Waals surface area (Å²) in [6.07, 6.45) is 7.31. The third kappa shape index (κ3) is 5.49. The number of ketones is 1. The zero-order chi connectivity index (χ0) is 25.1. The largest absolute Gasteiger partial charge is 0.382 e. The van der Waals surface area contributed by atoms with Crippen molar-refractivity contribution >= 4 is 28.2 Å². The van der Waals surface area contributed by atoms with E-state index >= 15 is 0 Å². The van der Waals surface area contributed by atoms with Gasteiger partial charge in [-0.3, -0.25) is 9.78 Å². The van der Waals surface area contributed by atoms with Gasteiger partial charge in [-0.25, -0.2) is 15.0 Å². The first-order valence-corrected chi connectivity index (χ1v) is 12.3. The van der Waals surface area contributed by atoms with Crippen molar-refractivity contribution < 1.29 is 4.79 Å². The van der Waals surface area contributed by atoms with Crippen molar-refractivity contribution in [3.8, 4) is 11.1 Å². The smallest absolute Gasteiger partial charge is 0.170 e. The van der Waals surface area contributed by atoms with E-state index in [9.17, 15) is 4.79 Å². The van der Waals surface area contributed by atoms with Crippen LogP contribution in [0.3, 0.4) is 0 Å². The lowest BCUT2D eigenvalue weighted by molar-refractivity contribution is 0.0991. The summed E-state index contributed by atoms with van der Waals surface area (Å²) in [5.41, 5.74) is 4.44. The van der Waals surface area contributed by atoms with Gasteiger partial charge in [-0.2, -0.15) is 0 Å². The summed E-state index contributed by atoms with van der Waals surface area (Å²) in [6, 6.07) is 12.1. The number of pyridine rings is 2. The van der Waals surface area contributed by atoms with E-state index in [1.165, 1.54) is 0 Å². The molecule has 3 aromatic heterocycles. The molecule has 4 aromatic rings. The maximum Gasteiger partial charge on any atom is 0.170 e. The first-order valence-electron chi connectivity index (χ1n) is 12.3. The first kappa shape index (κ1) is 23.8. The molecule has 1 fully saturated rings. The normalized spacial score (nSPS) is 14.4. The van der Waals surface area contributed by atoms with Crippen LogP contribution in [0.25, 0.3) is 22.0 Å². The third-order valence-electron chi connectivity index (χ3n) is 6.37. The average Bonchev–Trinajstić information content (AvgIpc) is 2.88. The molecule has 0 radical (unpaired) electrons. The van der Waals surface area contributed by atoms with Crippen LogP contribution in [0.4, 0.5) is 11.5 Å². The topological polar surface area (TPSA) is 87.1 Å². The van der Waals surface area contributed by atoms with Gasteiger partial charge < -0.3 is 15.1 Å². The number of hydrogen-bond donors (Lipinski definition) is 1. The van der Waals surface area contributed by atoms with Crippen molar-refractivity contribution in [3.05, 3.63) is 72.6 Å². The molecule has 0 saturated carbocycles. The first-order chi connectivity index (χ1) is 17.4. The van der Waals surface area contributed by atoms with Crippen LogP contribution in [0.2, 0.25) is 0 Å². The second kappa shape index (κ2) is 10.4. The molecule has 0 unspecified atom stereocenters.